The lowest BCUT2D eigenvalue weighted by molar-refractivity contribution is 0.860. The van der Waals surface area contributed by atoms with Crippen LogP contribution in [0.5, 0.6) is 0 Å². The second kappa shape index (κ2) is 3.90. The summed E-state index contributed by atoms with van der Waals surface area (Å²) in [4.78, 5) is -0.520. The molecule has 0 aliphatic carbocycles. The summed E-state index contributed by atoms with van der Waals surface area (Å²) >= 11 is 10.2. The van der Waals surface area contributed by atoms with Crippen molar-refractivity contribution in [3.8, 4) is 0 Å². The Bertz CT molecular complexity index is 32.7. The van der Waals surface area contributed by atoms with Crippen LogP contribution in [0.25, 0.3) is 0 Å². The highest BCUT2D eigenvalue weighted by atomic mass is 35.5. The third kappa shape index (κ3) is 4.73. The number of halogens is 3. The largest absolute Gasteiger partial charge is 0.315 e. The van der Waals surface area contributed by atoms with Crippen LogP contribution in [-0.2, 0) is 0 Å². The predicted octanol–water partition coefficient (Wildman–Crippen LogP) is 1.80. The van der Waals surface area contributed by atoms with Gasteiger partial charge in [-0.3, -0.25) is 0 Å². The van der Waals surface area contributed by atoms with Crippen molar-refractivity contribution in [2.75, 3.05) is 0 Å². The van der Waals surface area contributed by atoms with E-state index in [-0.39, 0.29) is 6.04 Å². The zero-order valence-corrected chi connectivity index (χ0v) is 5.43. The molecule has 2 radical (unpaired) electrons. The SMILES string of the molecule is F[Si]CC(Cl)Cl. The average Bonchev–Trinajstić information content (AvgIpc) is 1.35. The lowest BCUT2D eigenvalue weighted by Crippen LogP contribution is -1.87. The Morgan fingerprint density at radius 2 is 2.17 bits per heavy atom. The maximum Gasteiger partial charge on any atom is 0.297 e. The maximum absolute atomic E-state index is 11.1. The van der Waals surface area contributed by atoms with E-state index in [0.29, 0.717) is 0 Å². The summed E-state index contributed by atoms with van der Waals surface area (Å²) in [5.74, 6) is 0. The van der Waals surface area contributed by atoms with Crippen LogP contribution in [0, 0.1) is 0 Å². The summed E-state index contributed by atoms with van der Waals surface area (Å²) in [7, 11) is -0.626. The molecule has 0 aliphatic heterocycles. The van der Waals surface area contributed by atoms with Crippen molar-refractivity contribution in [3.63, 3.8) is 0 Å². The minimum atomic E-state index is -0.626. The number of rotatable bonds is 2. The topological polar surface area (TPSA) is 0 Å². The van der Waals surface area contributed by atoms with Crippen molar-refractivity contribution in [3.05, 3.63) is 0 Å². The summed E-state index contributed by atoms with van der Waals surface area (Å²) in [6, 6.07) is 0.267. The molecule has 0 unspecified atom stereocenters. The highest BCUT2D eigenvalue weighted by molar-refractivity contribution is 6.48. The van der Waals surface area contributed by atoms with Crippen LogP contribution in [-0.4, -0.2) is 14.7 Å². The molecule has 0 atom stereocenters. The van der Waals surface area contributed by atoms with Gasteiger partial charge in [0.15, 0.2) is 0 Å². The molecule has 0 saturated heterocycles. The van der Waals surface area contributed by atoms with Crippen LogP contribution in [0.15, 0.2) is 0 Å². The van der Waals surface area contributed by atoms with Crippen LogP contribution < -0.4 is 0 Å². The molecule has 0 heterocycles. The zero-order valence-electron chi connectivity index (χ0n) is 2.92. The van der Waals surface area contributed by atoms with Crippen LogP contribution in [0.3, 0.4) is 0 Å². The molecule has 36 valence electrons. The Hall–Kier alpha value is 0.727. The minimum Gasteiger partial charge on any atom is -0.315 e. The summed E-state index contributed by atoms with van der Waals surface area (Å²) in [6.07, 6.45) is 0. The first-order valence-corrected chi connectivity index (χ1v) is 3.35. The minimum absolute atomic E-state index is 0.267. The van der Waals surface area contributed by atoms with Crippen molar-refractivity contribution < 1.29 is 4.11 Å². The van der Waals surface area contributed by atoms with E-state index in [1.165, 1.54) is 0 Å². The summed E-state index contributed by atoms with van der Waals surface area (Å²) in [5, 5.41) is 0. The first-order valence-electron chi connectivity index (χ1n) is 1.39. The van der Waals surface area contributed by atoms with Crippen molar-refractivity contribution in [1.29, 1.82) is 0 Å². The van der Waals surface area contributed by atoms with Crippen molar-refractivity contribution >= 4 is 33.1 Å². The lowest BCUT2D eigenvalue weighted by atomic mass is 10.9. The molecule has 0 aromatic carbocycles. The standard InChI is InChI=1S/C2H3Cl2FSi/c3-2(4)1-6-5/h2H,1H2. The number of hydrogen-bond donors (Lipinski definition) is 0. The predicted molar refractivity (Wildman–Crippen MR) is 27.2 cm³/mol. The van der Waals surface area contributed by atoms with E-state index >= 15 is 0 Å². The van der Waals surface area contributed by atoms with Gasteiger partial charge in [0, 0.05) is 6.04 Å². The van der Waals surface area contributed by atoms with Crippen LogP contribution in [0.1, 0.15) is 0 Å². The molecule has 0 spiro atoms. The van der Waals surface area contributed by atoms with Gasteiger partial charge >= 0.3 is 0 Å². The third-order valence-electron chi connectivity index (χ3n) is 0.231. The quantitative estimate of drug-likeness (QED) is 0.315. The molecule has 4 heteroatoms. The molecule has 0 aliphatic rings. The lowest BCUT2D eigenvalue weighted by Gasteiger charge is -1.86. The molecule has 6 heavy (non-hydrogen) atoms. The Morgan fingerprint density at radius 3 is 2.17 bits per heavy atom. The Labute approximate surface area is 48.6 Å². The molecule has 0 fully saturated rings. The molecule has 0 amide bonds. The molecule has 0 bridgehead atoms. The van der Waals surface area contributed by atoms with E-state index in [1.807, 2.05) is 0 Å². The number of alkyl halides is 2. The summed E-state index contributed by atoms with van der Waals surface area (Å²) in [5.41, 5.74) is 0. The molecule has 0 rings (SSSR count). The second-order valence-electron chi connectivity index (χ2n) is 0.729. The molecule has 0 aromatic rings. The fourth-order valence-electron chi connectivity index (χ4n) is 0.0583. The van der Waals surface area contributed by atoms with Gasteiger partial charge in [0.25, 0.3) is 9.85 Å². The first-order chi connectivity index (χ1) is 2.77. The average molecular weight is 145 g/mol. The Kier molecular flexibility index (Phi) is 4.37. The van der Waals surface area contributed by atoms with Gasteiger partial charge < -0.3 is 4.11 Å². The Balaban J connectivity index is 2.63. The smallest absolute Gasteiger partial charge is 0.297 e. The molecule has 0 N–H and O–H groups in total. The summed E-state index contributed by atoms with van der Waals surface area (Å²) < 4.78 is 11.1. The van der Waals surface area contributed by atoms with E-state index in [1.54, 1.807) is 0 Å². The van der Waals surface area contributed by atoms with Crippen molar-refractivity contribution in [2.45, 2.75) is 10.9 Å². The fraction of sp³-hybridized carbons (Fsp3) is 1.00. The zero-order chi connectivity index (χ0) is 4.99. The molecule has 0 nitrogen and oxygen atoms in total. The number of hydrogen-bond acceptors (Lipinski definition) is 0. The van der Waals surface area contributed by atoms with Crippen molar-refractivity contribution in [2.24, 2.45) is 0 Å². The van der Waals surface area contributed by atoms with Gasteiger partial charge in [-0.25, -0.2) is 0 Å². The molecule has 0 saturated carbocycles. The van der Waals surface area contributed by atoms with Gasteiger partial charge in [-0.1, -0.05) is 0 Å². The van der Waals surface area contributed by atoms with Crippen LogP contribution in [0.4, 0.5) is 4.11 Å². The fourth-order valence-corrected chi connectivity index (χ4v) is 0.525. The maximum atomic E-state index is 11.1. The van der Waals surface area contributed by atoms with Gasteiger partial charge in [-0.15, -0.1) is 23.2 Å². The summed E-state index contributed by atoms with van der Waals surface area (Å²) in [6.45, 7) is 0. The van der Waals surface area contributed by atoms with E-state index < -0.39 is 14.7 Å². The van der Waals surface area contributed by atoms with E-state index in [9.17, 15) is 4.11 Å². The van der Waals surface area contributed by atoms with E-state index in [2.05, 4.69) is 0 Å². The van der Waals surface area contributed by atoms with Gasteiger partial charge in [-0.05, 0) is 0 Å². The van der Waals surface area contributed by atoms with Crippen LogP contribution >= 0.6 is 23.2 Å². The Morgan fingerprint density at radius 1 is 1.67 bits per heavy atom. The van der Waals surface area contributed by atoms with Gasteiger partial charge in [-0.2, -0.15) is 0 Å². The van der Waals surface area contributed by atoms with Crippen molar-refractivity contribution in [1.82, 2.24) is 0 Å². The van der Waals surface area contributed by atoms with Gasteiger partial charge in [0.2, 0.25) is 0 Å². The van der Waals surface area contributed by atoms with E-state index in [4.69, 9.17) is 23.2 Å². The van der Waals surface area contributed by atoms with Gasteiger partial charge in [0.05, 0.1) is 0 Å². The second-order valence-corrected chi connectivity index (χ2v) is 2.68. The van der Waals surface area contributed by atoms with Gasteiger partial charge in [0.1, 0.15) is 4.84 Å². The van der Waals surface area contributed by atoms with Crippen LogP contribution in [0.2, 0.25) is 6.04 Å². The highest BCUT2D eigenvalue weighted by Crippen LogP contribution is 2.05. The molecular formula is C2H3Cl2FSi. The first kappa shape index (κ1) is 6.73. The normalized spacial score (nSPS) is 10.0. The monoisotopic (exact) mass is 144 g/mol. The highest BCUT2D eigenvalue weighted by Gasteiger charge is 1.96. The third-order valence-corrected chi connectivity index (χ3v) is 1.62. The molecule has 0 aromatic heterocycles. The molecular weight excluding hydrogens is 142 g/mol. The van der Waals surface area contributed by atoms with E-state index in [0.717, 1.165) is 0 Å².